The highest BCUT2D eigenvalue weighted by molar-refractivity contribution is 5.73. The quantitative estimate of drug-likeness (QED) is 0.416. The van der Waals surface area contributed by atoms with Crippen LogP contribution in [0.3, 0.4) is 0 Å². The molecule has 1 atom stereocenters. The highest BCUT2D eigenvalue weighted by Crippen LogP contribution is 2.38. The first kappa shape index (κ1) is 19.6. The average Bonchev–Trinajstić information content (AvgIpc) is 2.64. The molecule has 0 saturated carbocycles. The Bertz CT molecular complexity index is 617. The molecule has 0 heterocycles. The maximum Gasteiger partial charge on any atom is 0.123 e. The zero-order valence-electron chi connectivity index (χ0n) is 16.0. The molecule has 1 unspecified atom stereocenters. The molecular formula is C24H34O. The van der Waals surface area contributed by atoms with E-state index in [9.17, 15) is 5.11 Å². The summed E-state index contributed by atoms with van der Waals surface area (Å²) in [4.78, 5) is 0. The van der Waals surface area contributed by atoms with E-state index in [4.69, 9.17) is 0 Å². The number of hydrogen-bond acceptors (Lipinski definition) is 1. The summed E-state index contributed by atoms with van der Waals surface area (Å²) in [6.07, 6.45) is 11.6. The van der Waals surface area contributed by atoms with Crippen molar-refractivity contribution >= 4 is 0 Å². The molecule has 136 valence electrons. The minimum absolute atomic E-state index is 0.383. The number of unbranched alkanes of at least 4 members (excludes halogenated alkanes) is 5. The number of rotatable bonds is 11. The molecule has 2 aromatic rings. The number of benzene rings is 2. The van der Waals surface area contributed by atoms with E-state index in [1.165, 1.54) is 68.9 Å². The third-order valence-corrected chi connectivity index (χ3v) is 5.16. The first-order valence-electron chi connectivity index (χ1n) is 10.1. The summed E-state index contributed by atoms with van der Waals surface area (Å²) < 4.78 is 0. The molecule has 2 aromatic carbocycles. The van der Waals surface area contributed by atoms with Gasteiger partial charge in [0, 0.05) is 5.56 Å². The van der Waals surface area contributed by atoms with Gasteiger partial charge in [-0.3, -0.25) is 0 Å². The molecule has 1 heteroatoms. The Labute approximate surface area is 154 Å². The van der Waals surface area contributed by atoms with Crippen molar-refractivity contribution in [1.29, 1.82) is 0 Å². The maximum absolute atomic E-state index is 10.3. The van der Waals surface area contributed by atoms with Gasteiger partial charge in [0.15, 0.2) is 0 Å². The van der Waals surface area contributed by atoms with E-state index in [0.29, 0.717) is 11.7 Å². The fourth-order valence-corrected chi connectivity index (χ4v) is 3.71. The Morgan fingerprint density at radius 1 is 0.680 bits per heavy atom. The van der Waals surface area contributed by atoms with Gasteiger partial charge in [0.25, 0.3) is 0 Å². The van der Waals surface area contributed by atoms with Crippen molar-refractivity contribution in [2.24, 2.45) is 0 Å². The number of phenols is 1. The van der Waals surface area contributed by atoms with Gasteiger partial charge in [-0.2, -0.15) is 0 Å². The predicted octanol–water partition coefficient (Wildman–Crippen LogP) is 7.69. The van der Waals surface area contributed by atoms with E-state index in [0.717, 1.165) is 5.56 Å². The van der Waals surface area contributed by atoms with Crippen molar-refractivity contribution in [2.75, 3.05) is 0 Å². The molecule has 25 heavy (non-hydrogen) atoms. The van der Waals surface area contributed by atoms with Gasteiger partial charge >= 0.3 is 0 Å². The fraction of sp³-hybridized carbons (Fsp3) is 0.500. The highest BCUT2D eigenvalue weighted by atomic mass is 16.3. The van der Waals surface area contributed by atoms with E-state index >= 15 is 0 Å². The summed E-state index contributed by atoms with van der Waals surface area (Å²) in [7, 11) is 0. The predicted molar refractivity (Wildman–Crippen MR) is 109 cm³/mol. The molecule has 0 aliphatic heterocycles. The fourth-order valence-electron chi connectivity index (χ4n) is 3.71. The molecule has 0 amide bonds. The Morgan fingerprint density at radius 3 is 1.92 bits per heavy atom. The molecule has 2 rings (SSSR count). The molecule has 0 spiro atoms. The number of aromatic hydroxyl groups is 1. The zero-order chi connectivity index (χ0) is 17.9. The van der Waals surface area contributed by atoms with Crippen LogP contribution >= 0.6 is 0 Å². The van der Waals surface area contributed by atoms with E-state index in [1.807, 2.05) is 18.2 Å². The van der Waals surface area contributed by atoms with Crippen LogP contribution in [-0.2, 0) is 0 Å². The third kappa shape index (κ3) is 5.92. The van der Waals surface area contributed by atoms with Gasteiger partial charge in [-0.05, 0) is 36.0 Å². The van der Waals surface area contributed by atoms with Crippen molar-refractivity contribution in [3.05, 3.63) is 54.1 Å². The Balaban J connectivity index is 2.24. The van der Waals surface area contributed by atoms with E-state index in [-0.39, 0.29) is 0 Å². The lowest BCUT2D eigenvalue weighted by Gasteiger charge is -2.21. The van der Waals surface area contributed by atoms with Crippen LogP contribution in [0.15, 0.2) is 48.5 Å². The lowest BCUT2D eigenvalue weighted by Crippen LogP contribution is -2.02. The molecule has 0 aromatic heterocycles. The molecule has 1 nitrogen and oxygen atoms in total. The number of phenolic OH excluding ortho intramolecular Hbond substituents is 1. The average molecular weight is 339 g/mol. The maximum atomic E-state index is 10.3. The standard InChI is InChI=1S/C24H34O/c1-3-5-7-9-15-20(14-8-6-4-2)21-16-10-11-17-22(21)23-18-12-13-19-24(23)25/h10-13,16-20,25H,3-9,14-15H2,1-2H3. The Kier molecular flexibility index (Phi) is 8.59. The molecule has 1 N–H and O–H groups in total. The third-order valence-electron chi connectivity index (χ3n) is 5.16. The summed E-state index contributed by atoms with van der Waals surface area (Å²) in [5, 5.41) is 10.3. The van der Waals surface area contributed by atoms with Gasteiger partial charge in [-0.15, -0.1) is 0 Å². The normalized spacial score (nSPS) is 12.2. The summed E-state index contributed by atoms with van der Waals surface area (Å²) >= 11 is 0. The van der Waals surface area contributed by atoms with Crippen molar-refractivity contribution in [3.8, 4) is 16.9 Å². The first-order valence-corrected chi connectivity index (χ1v) is 10.1. The van der Waals surface area contributed by atoms with E-state index in [1.54, 1.807) is 6.07 Å². The van der Waals surface area contributed by atoms with Gasteiger partial charge in [0.1, 0.15) is 5.75 Å². The van der Waals surface area contributed by atoms with Gasteiger partial charge < -0.3 is 5.11 Å². The summed E-state index contributed by atoms with van der Waals surface area (Å²) in [6, 6.07) is 16.4. The van der Waals surface area contributed by atoms with Crippen LogP contribution in [0.5, 0.6) is 5.75 Å². The molecule has 0 radical (unpaired) electrons. The first-order chi connectivity index (χ1) is 12.3. The van der Waals surface area contributed by atoms with Crippen LogP contribution in [0.4, 0.5) is 0 Å². The van der Waals surface area contributed by atoms with Crippen molar-refractivity contribution < 1.29 is 5.11 Å². The Morgan fingerprint density at radius 2 is 1.24 bits per heavy atom. The highest BCUT2D eigenvalue weighted by Gasteiger charge is 2.17. The van der Waals surface area contributed by atoms with Crippen LogP contribution < -0.4 is 0 Å². The van der Waals surface area contributed by atoms with Gasteiger partial charge in [-0.25, -0.2) is 0 Å². The number of hydrogen-bond donors (Lipinski definition) is 1. The molecule has 0 saturated heterocycles. The summed E-state index contributed by atoms with van der Waals surface area (Å²) in [5.41, 5.74) is 3.58. The van der Waals surface area contributed by atoms with Gasteiger partial charge in [0.2, 0.25) is 0 Å². The molecule has 0 fully saturated rings. The van der Waals surface area contributed by atoms with Crippen molar-refractivity contribution in [3.63, 3.8) is 0 Å². The largest absolute Gasteiger partial charge is 0.507 e. The second-order valence-electron chi connectivity index (χ2n) is 7.15. The molecule has 0 aliphatic rings. The van der Waals surface area contributed by atoms with Crippen LogP contribution in [0.25, 0.3) is 11.1 Å². The topological polar surface area (TPSA) is 20.2 Å². The van der Waals surface area contributed by atoms with Crippen molar-refractivity contribution in [2.45, 2.75) is 77.6 Å². The van der Waals surface area contributed by atoms with E-state index in [2.05, 4.69) is 38.1 Å². The van der Waals surface area contributed by atoms with Crippen LogP contribution in [0.1, 0.15) is 83.1 Å². The van der Waals surface area contributed by atoms with Gasteiger partial charge in [0.05, 0.1) is 0 Å². The molecule has 0 bridgehead atoms. The zero-order valence-corrected chi connectivity index (χ0v) is 16.0. The van der Waals surface area contributed by atoms with Gasteiger partial charge in [-0.1, -0.05) is 101 Å². The summed E-state index contributed by atoms with van der Waals surface area (Å²) in [5.74, 6) is 0.979. The molecular weight excluding hydrogens is 304 g/mol. The SMILES string of the molecule is CCCCCCC(CCCCC)c1ccccc1-c1ccccc1O. The number of para-hydroxylation sites is 1. The van der Waals surface area contributed by atoms with Crippen LogP contribution in [0.2, 0.25) is 0 Å². The second-order valence-corrected chi connectivity index (χ2v) is 7.15. The monoisotopic (exact) mass is 338 g/mol. The molecule has 0 aliphatic carbocycles. The minimum Gasteiger partial charge on any atom is -0.507 e. The smallest absolute Gasteiger partial charge is 0.123 e. The van der Waals surface area contributed by atoms with Crippen LogP contribution in [-0.4, -0.2) is 5.11 Å². The second kappa shape index (κ2) is 11.0. The lowest BCUT2D eigenvalue weighted by molar-refractivity contribution is 0.476. The lowest BCUT2D eigenvalue weighted by atomic mass is 9.84. The van der Waals surface area contributed by atoms with Crippen LogP contribution in [0, 0.1) is 0 Å². The van der Waals surface area contributed by atoms with Crippen molar-refractivity contribution in [1.82, 2.24) is 0 Å². The Hall–Kier alpha value is -1.76. The van der Waals surface area contributed by atoms with E-state index < -0.39 is 0 Å². The summed E-state index contributed by atoms with van der Waals surface area (Å²) in [6.45, 7) is 4.54. The minimum atomic E-state index is 0.383.